The Morgan fingerprint density at radius 1 is 1.56 bits per heavy atom. The molecule has 0 bridgehead atoms. The van der Waals surface area contributed by atoms with E-state index in [-0.39, 0.29) is 6.42 Å². The Labute approximate surface area is 91.7 Å². The lowest BCUT2D eigenvalue weighted by Gasteiger charge is -2.04. The molecule has 0 aliphatic heterocycles. The van der Waals surface area contributed by atoms with Gasteiger partial charge in [0.2, 0.25) is 0 Å². The highest BCUT2D eigenvalue weighted by molar-refractivity contribution is 5.77. The molecule has 1 aliphatic carbocycles. The molecule has 0 atom stereocenters. The fourth-order valence-electron chi connectivity index (χ4n) is 1.99. The summed E-state index contributed by atoms with van der Waals surface area (Å²) in [5, 5.41) is 8.85. The highest BCUT2D eigenvalue weighted by atomic mass is 16.4. The van der Waals surface area contributed by atoms with Crippen LogP contribution in [-0.2, 0) is 11.2 Å². The number of aromatic nitrogens is 3. The van der Waals surface area contributed by atoms with E-state index in [1.54, 1.807) is 12.4 Å². The van der Waals surface area contributed by atoms with Gasteiger partial charge in [-0.15, -0.1) is 0 Å². The van der Waals surface area contributed by atoms with Crippen LogP contribution in [0.2, 0.25) is 0 Å². The van der Waals surface area contributed by atoms with Crippen LogP contribution < -0.4 is 0 Å². The highest BCUT2D eigenvalue weighted by Gasteiger charge is 2.28. The number of carbonyl (C=O) groups is 1. The second kappa shape index (κ2) is 3.30. The van der Waals surface area contributed by atoms with Crippen LogP contribution in [0.5, 0.6) is 0 Å². The zero-order chi connectivity index (χ0) is 11.1. The summed E-state index contributed by atoms with van der Waals surface area (Å²) in [6.07, 6.45) is 5.62. The molecule has 82 valence electrons. The predicted molar refractivity (Wildman–Crippen MR) is 57.1 cm³/mol. The molecule has 1 saturated carbocycles. The van der Waals surface area contributed by atoms with Gasteiger partial charge in [0.05, 0.1) is 17.2 Å². The van der Waals surface area contributed by atoms with Gasteiger partial charge in [-0.2, -0.15) is 0 Å². The molecule has 16 heavy (non-hydrogen) atoms. The van der Waals surface area contributed by atoms with Crippen LogP contribution in [0.3, 0.4) is 0 Å². The second-order valence-corrected chi connectivity index (χ2v) is 4.06. The number of aliphatic carboxylic acids is 1. The summed E-state index contributed by atoms with van der Waals surface area (Å²) in [6, 6.07) is 2.24. The Bertz CT molecular complexity index is 557. The van der Waals surface area contributed by atoms with E-state index in [9.17, 15) is 4.79 Å². The average molecular weight is 217 g/mol. The first-order valence-corrected chi connectivity index (χ1v) is 5.28. The molecular weight excluding hydrogens is 206 g/mol. The highest BCUT2D eigenvalue weighted by Crippen LogP contribution is 2.38. The summed E-state index contributed by atoms with van der Waals surface area (Å²) < 4.78 is 2.02. The summed E-state index contributed by atoms with van der Waals surface area (Å²) in [7, 11) is 0. The number of carboxylic acid groups (broad SMARTS) is 1. The Hall–Kier alpha value is -1.91. The third-order valence-electron chi connectivity index (χ3n) is 2.79. The maximum absolute atomic E-state index is 10.8. The lowest BCUT2D eigenvalue weighted by Crippen LogP contribution is -2.08. The largest absolute Gasteiger partial charge is 0.481 e. The van der Waals surface area contributed by atoms with Crippen molar-refractivity contribution in [2.75, 3.05) is 0 Å². The van der Waals surface area contributed by atoms with Crippen LogP contribution in [0.1, 0.15) is 24.7 Å². The van der Waals surface area contributed by atoms with E-state index in [1.165, 1.54) is 0 Å². The van der Waals surface area contributed by atoms with E-state index in [0.717, 1.165) is 23.9 Å². The van der Waals surface area contributed by atoms with Crippen LogP contribution in [0, 0.1) is 0 Å². The summed E-state index contributed by atoms with van der Waals surface area (Å²) in [4.78, 5) is 19.2. The first-order valence-electron chi connectivity index (χ1n) is 5.28. The standard InChI is InChI=1S/C11H11N3O2/c15-11(16)5-10-13-8-3-4-12-6-9(8)14(10)7-1-2-7/h3-4,6-7H,1-2,5H2,(H,15,16). The van der Waals surface area contributed by atoms with Gasteiger partial charge < -0.3 is 9.67 Å². The van der Waals surface area contributed by atoms with E-state index in [2.05, 4.69) is 9.97 Å². The third-order valence-corrected chi connectivity index (χ3v) is 2.79. The minimum atomic E-state index is -0.842. The molecule has 1 aliphatic rings. The van der Waals surface area contributed by atoms with Gasteiger partial charge in [0.25, 0.3) is 0 Å². The topological polar surface area (TPSA) is 68.0 Å². The Balaban J connectivity index is 2.18. The minimum Gasteiger partial charge on any atom is -0.481 e. The Kier molecular flexibility index (Phi) is 1.92. The van der Waals surface area contributed by atoms with Gasteiger partial charge in [-0.05, 0) is 18.9 Å². The molecule has 0 spiro atoms. The molecular formula is C11H11N3O2. The first kappa shape index (κ1) is 9.33. The summed E-state index contributed by atoms with van der Waals surface area (Å²) in [5.41, 5.74) is 1.78. The Morgan fingerprint density at radius 3 is 3.06 bits per heavy atom. The number of hydrogen-bond donors (Lipinski definition) is 1. The van der Waals surface area contributed by atoms with E-state index in [1.807, 2.05) is 10.6 Å². The number of imidazole rings is 1. The van der Waals surface area contributed by atoms with Crippen molar-refractivity contribution in [3.8, 4) is 0 Å². The number of pyridine rings is 1. The lowest BCUT2D eigenvalue weighted by molar-refractivity contribution is -0.136. The van der Waals surface area contributed by atoms with E-state index in [4.69, 9.17) is 5.11 Å². The molecule has 2 aromatic rings. The molecule has 0 aromatic carbocycles. The van der Waals surface area contributed by atoms with Gasteiger partial charge >= 0.3 is 5.97 Å². The van der Waals surface area contributed by atoms with Crippen molar-refractivity contribution in [1.29, 1.82) is 0 Å². The molecule has 2 aromatic heterocycles. The van der Waals surface area contributed by atoms with Gasteiger partial charge in [0.1, 0.15) is 12.2 Å². The molecule has 2 heterocycles. The predicted octanol–water partition coefficient (Wildman–Crippen LogP) is 1.39. The van der Waals surface area contributed by atoms with Crippen molar-refractivity contribution in [3.05, 3.63) is 24.3 Å². The van der Waals surface area contributed by atoms with Crippen molar-refractivity contribution in [3.63, 3.8) is 0 Å². The van der Waals surface area contributed by atoms with E-state index < -0.39 is 5.97 Å². The molecule has 0 amide bonds. The van der Waals surface area contributed by atoms with Crippen LogP contribution in [0.4, 0.5) is 0 Å². The molecule has 0 saturated heterocycles. The van der Waals surface area contributed by atoms with Gasteiger partial charge in [-0.3, -0.25) is 9.78 Å². The molecule has 0 radical (unpaired) electrons. The van der Waals surface area contributed by atoms with Crippen molar-refractivity contribution in [2.24, 2.45) is 0 Å². The zero-order valence-electron chi connectivity index (χ0n) is 8.63. The van der Waals surface area contributed by atoms with Gasteiger partial charge in [0, 0.05) is 12.2 Å². The molecule has 5 nitrogen and oxygen atoms in total. The van der Waals surface area contributed by atoms with Gasteiger partial charge in [-0.1, -0.05) is 0 Å². The number of hydrogen-bond acceptors (Lipinski definition) is 3. The normalized spacial score (nSPS) is 15.5. The monoisotopic (exact) mass is 217 g/mol. The maximum atomic E-state index is 10.8. The summed E-state index contributed by atoms with van der Waals surface area (Å²) in [6.45, 7) is 0. The molecule has 1 N–H and O–H groups in total. The van der Waals surface area contributed by atoms with Gasteiger partial charge in [0.15, 0.2) is 0 Å². The lowest BCUT2D eigenvalue weighted by atomic mass is 10.4. The minimum absolute atomic E-state index is 0.0226. The number of carboxylic acids is 1. The molecule has 0 unspecified atom stereocenters. The van der Waals surface area contributed by atoms with Crippen LogP contribution in [-0.4, -0.2) is 25.6 Å². The average Bonchev–Trinajstić information content (AvgIpc) is 3.00. The number of fused-ring (bicyclic) bond motifs is 1. The first-order chi connectivity index (χ1) is 7.75. The number of rotatable bonds is 3. The van der Waals surface area contributed by atoms with Crippen LogP contribution in [0.15, 0.2) is 18.5 Å². The molecule has 1 fully saturated rings. The van der Waals surface area contributed by atoms with Gasteiger partial charge in [-0.25, -0.2) is 4.98 Å². The third kappa shape index (κ3) is 1.44. The maximum Gasteiger partial charge on any atom is 0.311 e. The Morgan fingerprint density at radius 2 is 2.38 bits per heavy atom. The van der Waals surface area contributed by atoms with Crippen LogP contribution >= 0.6 is 0 Å². The quantitative estimate of drug-likeness (QED) is 0.843. The van der Waals surface area contributed by atoms with Crippen molar-refractivity contribution >= 4 is 17.0 Å². The summed E-state index contributed by atoms with van der Waals surface area (Å²) in [5.74, 6) is -0.205. The van der Waals surface area contributed by atoms with Crippen molar-refractivity contribution < 1.29 is 9.90 Å². The van der Waals surface area contributed by atoms with Crippen molar-refractivity contribution in [1.82, 2.24) is 14.5 Å². The van der Waals surface area contributed by atoms with Crippen molar-refractivity contribution in [2.45, 2.75) is 25.3 Å². The number of nitrogens with zero attached hydrogens (tertiary/aromatic N) is 3. The SMILES string of the molecule is O=C(O)Cc1nc2ccncc2n1C1CC1. The smallest absolute Gasteiger partial charge is 0.311 e. The molecule has 5 heteroatoms. The fraction of sp³-hybridized carbons (Fsp3) is 0.364. The summed E-state index contributed by atoms with van der Waals surface area (Å²) >= 11 is 0. The fourth-order valence-corrected chi connectivity index (χ4v) is 1.99. The molecule has 3 rings (SSSR count). The zero-order valence-corrected chi connectivity index (χ0v) is 8.63. The van der Waals surface area contributed by atoms with E-state index in [0.29, 0.717) is 11.9 Å². The van der Waals surface area contributed by atoms with Crippen LogP contribution in [0.25, 0.3) is 11.0 Å². The van der Waals surface area contributed by atoms with E-state index >= 15 is 0 Å². The second-order valence-electron chi connectivity index (χ2n) is 4.06.